The Morgan fingerprint density at radius 2 is 1.95 bits per heavy atom. The molecule has 0 fully saturated rings. The Morgan fingerprint density at radius 1 is 1.25 bits per heavy atom. The lowest BCUT2D eigenvalue weighted by molar-refractivity contribution is 0.252. The molecule has 2 amide bonds. The minimum absolute atomic E-state index is 0.205. The maximum atomic E-state index is 13.3. The van der Waals surface area contributed by atoms with Crippen molar-refractivity contribution < 1.29 is 9.18 Å². The molecule has 0 aliphatic carbocycles. The fourth-order valence-electron chi connectivity index (χ4n) is 1.53. The first-order chi connectivity index (χ1) is 9.65. The number of rotatable bonds is 4. The van der Waals surface area contributed by atoms with Crippen LogP contribution in [0.4, 0.5) is 15.1 Å². The second-order valence-electron chi connectivity index (χ2n) is 3.95. The average Bonchev–Trinajstić information content (AvgIpc) is 2.43. The van der Waals surface area contributed by atoms with Gasteiger partial charge in [-0.1, -0.05) is 18.2 Å². The van der Waals surface area contributed by atoms with Gasteiger partial charge in [0, 0.05) is 18.9 Å². The lowest BCUT2D eigenvalue weighted by atomic mass is 10.1. The van der Waals surface area contributed by atoms with Gasteiger partial charge in [0.1, 0.15) is 5.82 Å². The molecule has 0 unspecified atom stereocenters. The van der Waals surface area contributed by atoms with E-state index in [0.29, 0.717) is 18.5 Å². The number of benzene rings is 1. The van der Waals surface area contributed by atoms with E-state index >= 15 is 0 Å². The minimum Gasteiger partial charge on any atom is -0.337 e. The lowest BCUT2D eigenvalue weighted by Crippen LogP contribution is -2.31. The van der Waals surface area contributed by atoms with E-state index in [-0.39, 0.29) is 11.8 Å². The summed E-state index contributed by atoms with van der Waals surface area (Å²) in [6.07, 6.45) is 3.48. The number of amides is 2. The normalized spacial score (nSPS) is 10.1. The van der Waals surface area contributed by atoms with Gasteiger partial charge in [-0.2, -0.15) is 0 Å². The van der Waals surface area contributed by atoms with Crippen LogP contribution in [0.15, 0.2) is 41.1 Å². The predicted octanol–water partition coefficient (Wildman–Crippen LogP) is 2.74. The number of hydrogen-bond acceptors (Lipinski definition) is 3. The van der Waals surface area contributed by atoms with Crippen LogP contribution in [0.25, 0.3) is 0 Å². The number of carbonyl (C=O) groups is 1. The number of anilines is 1. The maximum Gasteiger partial charge on any atom is 0.321 e. The SMILES string of the molecule is O=C(NCCc1ccccc1F)Nc1ncc(Br)cn1. The van der Waals surface area contributed by atoms with Crippen LogP contribution in [0.1, 0.15) is 5.56 Å². The van der Waals surface area contributed by atoms with Crippen LogP contribution in [-0.4, -0.2) is 22.5 Å². The number of aromatic nitrogens is 2. The summed E-state index contributed by atoms with van der Waals surface area (Å²) in [5.41, 5.74) is 0.563. The van der Waals surface area contributed by atoms with E-state index in [2.05, 4.69) is 36.5 Å². The zero-order chi connectivity index (χ0) is 14.4. The van der Waals surface area contributed by atoms with Crippen LogP contribution >= 0.6 is 15.9 Å². The van der Waals surface area contributed by atoms with Crippen LogP contribution in [0.3, 0.4) is 0 Å². The molecule has 0 bridgehead atoms. The highest BCUT2D eigenvalue weighted by Gasteiger charge is 2.05. The molecule has 0 spiro atoms. The standard InChI is InChI=1S/C13H12BrFN4O/c14-10-7-17-12(18-8-10)19-13(20)16-6-5-9-3-1-2-4-11(9)15/h1-4,7-8H,5-6H2,(H2,16,17,18,19,20). The van der Waals surface area contributed by atoms with Gasteiger partial charge in [0.25, 0.3) is 0 Å². The molecule has 2 N–H and O–H groups in total. The summed E-state index contributed by atoms with van der Waals surface area (Å²) in [5.74, 6) is -0.0671. The van der Waals surface area contributed by atoms with E-state index < -0.39 is 6.03 Å². The molecule has 1 heterocycles. The molecule has 1 aromatic carbocycles. The number of hydrogen-bond donors (Lipinski definition) is 2. The molecule has 0 saturated carbocycles. The second kappa shape index (κ2) is 6.95. The Kier molecular flexibility index (Phi) is 5.00. The molecule has 0 aliphatic heterocycles. The molecular weight excluding hydrogens is 327 g/mol. The molecule has 5 nitrogen and oxygen atoms in total. The first kappa shape index (κ1) is 14.4. The Labute approximate surface area is 123 Å². The summed E-state index contributed by atoms with van der Waals surface area (Å²) >= 11 is 3.20. The molecule has 0 saturated heterocycles. The summed E-state index contributed by atoms with van der Waals surface area (Å²) in [6, 6.07) is 6.04. The van der Waals surface area contributed by atoms with Crippen molar-refractivity contribution in [1.82, 2.24) is 15.3 Å². The largest absolute Gasteiger partial charge is 0.337 e. The summed E-state index contributed by atoms with van der Waals surface area (Å²) in [4.78, 5) is 19.4. The molecule has 104 valence electrons. The van der Waals surface area contributed by atoms with Crippen molar-refractivity contribution >= 4 is 27.9 Å². The molecule has 20 heavy (non-hydrogen) atoms. The predicted molar refractivity (Wildman–Crippen MR) is 76.9 cm³/mol. The van der Waals surface area contributed by atoms with Gasteiger partial charge in [0.15, 0.2) is 0 Å². The topological polar surface area (TPSA) is 66.9 Å². The summed E-state index contributed by atoms with van der Waals surface area (Å²) in [7, 11) is 0. The van der Waals surface area contributed by atoms with Gasteiger partial charge in [0.05, 0.1) is 4.47 Å². The van der Waals surface area contributed by atoms with E-state index in [1.807, 2.05) is 0 Å². The number of carbonyl (C=O) groups excluding carboxylic acids is 1. The molecule has 1 aromatic heterocycles. The highest BCUT2D eigenvalue weighted by molar-refractivity contribution is 9.10. The van der Waals surface area contributed by atoms with Gasteiger partial charge in [-0.3, -0.25) is 5.32 Å². The van der Waals surface area contributed by atoms with Gasteiger partial charge in [0.2, 0.25) is 5.95 Å². The van der Waals surface area contributed by atoms with Gasteiger partial charge in [-0.05, 0) is 34.0 Å². The smallest absolute Gasteiger partial charge is 0.321 e. The molecule has 0 atom stereocenters. The number of halogens is 2. The molecule has 0 radical (unpaired) electrons. The van der Waals surface area contributed by atoms with Crippen LogP contribution < -0.4 is 10.6 Å². The van der Waals surface area contributed by atoms with Crippen molar-refractivity contribution in [3.05, 3.63) is 52.5 Å². The first-order valence-electron chi connectivity index (χ1n) is 5.91. The van der Waals surface area contributed by atoms with E-state index in [9.17, 15) is 9.18 Å². The Morgan fingerprint density at radius 3 is 2.65 bits per heavy atom. The van der Waals surface area contributed by atoms with E-state index in [4.69, 9.17) is 0 Å². The lowest BCUT2D eigenvalue weighted by Gasteiger charge is -2.07. The Hall–Kier alpha value is -2.02. The zero-order valence-electron chi connectivity index (χ0n) is 10.4. The van der Waals surface area contributed by atoms with Crippen LogP contribution in [0.2, 0.25) is 0 Å². The number of urea groups is 1. The van der Waals surface area contributed by atoms with Gasteiger partial charge in [-0.25, -0.2) is 19.2 Å². The molecule has 0 aliphatic rings. The average molecular weight is 339 g/mol. The fraction of sp³-hybridized carbons (Fsp3) is 0.154. The highest BCUT2D eigenvalue weighted by Crippen LogP contribution is 2.07. The minimum atomic E-state index is -0.427. The summed E-state index contributed by atoms with van der Waals surface area (Å²) in [5, 5.41) is 5.10. The molecule has 7 heteroatoms. The van der Waals surface area contributed by atoms with E-state index in [1.165, 1.54) is 18.5 Å². The third-order valence-corrected chi connectivity index (χ3v) is 2.89. The van der Waals surface area contributed by atoms with E-state index in [0.717, 1.165) is 4.47 Å². The van der Waals surface area contributed by atoms with Crippen molar-refractivity contribution in [3.8, 4) is 0 Å². The number of nitrogens with one attached hydrogen (secondary N) is 2. The Bertz CT molecular complexity index is 591. The van der Waals surface area contributed by atoms with Crippen molar-refractivity contribution in [1.29, 1.82) is 0 Å². The van der Waals surface area contributed by atoms with E-state index in [1.54, 1.807) is 18.2 Å². The second-order valence-corrected chi connectivity index (χ2v) is 4.86. The fourth-order valence-corrected chi connectivity index (χ4v) is 1.74. The molecule has 2 aromatic rings. The van der Waals surface area contributed by atoms with Crippen LogP contribution in [0, 0.1) is 5.82 Å². The maximum absolute atomic E-state index is 13.3. The third kappa shape index (κ3) is 4.27. The summed E-state index contributed by atoms with van der Waals surface area (Å²) < 4.78 is 14.1. The van der Waals surface area contributed by atoms with Crippen molar-refractivity contribution in [2.45, 2.75) is 6.42 Å². The van der Waals surface area contributed by atoms with Crippen molar-refractivity contribution in [2.75, 3.05) is 11.9 Å². The quantitative estimate of drug-likeness (QED) is 0.900. The first-order valence-corrected chi connectivity index (χ1v) is 6.70. The monoisotopic (exact) mass is 338 g/mol. The van der Waals surface area contributed by atoms with Gasteiger partial charge < -0.3 is 5.32 Å². The third-order valence-electron chi connectivity index (χ3n) is 2.48. The van der Waals surface area contributed by atoms with Crippen LogP contribution in [-0.2, 0) is 6.42 Å². The highest BCUT2D eigenvalue weighted by atomic mass is 79.9. The van der Waals surface area contributed by atoms with Crippen LogP contribution in [0.5, 0.6) is 0 Å². The molecular formula is C13H12BrFN4O. The molecule has 2 rings (SSSR count). The van der Waals surface area contributed by atoms with Gasteiger partial charge >= 0.3 is 6.03 Å². The van der Waals surface area contributed by atoms with Crippen molar-refractivity contribution in [2.24, 2.45) is 0 Å². The number of nitrogens with zero attached hydrogens (tertiary/aromatic N) is 2. The zero-order valence-corrected chi connectivity index (χ0v) is 12.0. The Balaban J connectivity index is 1.78. The van der Waals surface area contributed by atoms with Crippen molar-refractivity contribution in [3.63, 3.8) is 0 Å². The summed E-state index contributed by atoms with van der Waals surface area (Å²) in [6.45, 7) is 0.323. The van der Waals surface area contributed by atoms with Gasteiger partial charge in [-0.15, -0.1) is 0 Å².